The molecule has 1 aromatic carbocycles. The molecule has 0 spiro atoms. The van der Waals surface area contributed by atoms with Gasteiger partial charge in [-0.15, -0.1) is 5.10 Å². The minimum atomic E-state index is -4.45. The number of aromatic nitrogens is 3. The number of rotatable bonds is 6. The summed E-state index contributed by atoms with van der Waals surface area (Å²) in [6, 6.07) is 5.14. The van der Waals surface area contributed by atoms with Gasteiger partial charge in [0.25, 0.3) is 0 Å². The Morgan fingerprint density at radius 2 is 1.96 bits per heavy atom. The molecular formula is C14H13F3N4O3. The van der Waals surface area contributed by atoms with Crippen molar-refractivity contribution in [3.8, 4) is 0 Å². The fraction of sp³-hybridized carbons (Fsp3) is 0.286. The topological polar surface area (TPSA) is 97.1 Å². The minimum absolute atomic E-state index is 0.00636. The van der Waals surface area contributed by atoms with E-state index >= 15 is 0 Å². The molecule has 0 unspecified atom stereocenters. The van der Waals surface area contributed by atoms with Crippen LogP contribution in [0.1, 0.15) is 21.6 Å². The number of carbonyl (C=O) groups excluding carboxylic acids is 1. The number of nitrogens with one attached hydrogen (secondary N) is 1. The lowest BCUT2D eigenvalue weighted by Gasteiger charge is -2.12. The van der Waals surface area contributed by atoms with Crippen LogP contribution < -0.4 is 5.32 Å². The van der Waals surface area contributed by atoms with Gasteiger partial charge in [-0.3, -0.25) is 4.79 Å². The molecule has 0 saturated heterocycles. The van der Waals surface area contributed by atoms with Crippen LogP contribution in [-0.4, -0.2) is 38.5 Å². The number of carboxylic acids is 1. The van der Waals surface area contributed by atoms with Gasteiger partial charge >= 0.3 is 12.1 Å². The molecule has 2 rings (SSSR count). The molecule has 0 atom stereocenters. The van der Waals surface area contributed by atoms with Crippen LogP contribution in [0, 0.1) is 0 Å². The van der Waals surface area contributed by atoms with E-state index in [1.54, 1.807) is 0 Å². The third-order valence-corrected chi connectivity index (χ3v) is 3.10. The normalized spacial score (nSPS) is 11.3. The maximum Gasteiger partial charge on any atom is 0.416 e. The predicted octanol–water partition coefficient (Wildman–Crippen LogP) is 1.35. The van der Waals surface area contributed by atoms with Crippen LogP contribution in [0.25, 0.3) is 0 Å². The zero-order chi connectivity index (χ0) is 17.7. The van der Waals surface area contributed by atoms with E-state index < -0.39 is 23.6 Å². The maximum absolute atomic E-state index is 12.8. The second kappa shape index (κ2) is 7.11. The minimum Gasteiger partial charge on any atom is -0.476 e. The van der Waals surface area contributed by atoms with Crippen molar-refractivity contribution in [2.45, 2.75) is 19.1 Å². The van der Waals surface area contributed by atoms with Gasteiger partial charge in [0.05, 0.1) is 11.8 Å². The van der Waals surface area contributed by atoms with Gasteiger partial charge in [-0.05, 0) is 18.1 Å². The van der Waals surface area contributed by atoms with Gasteiger partial charge in [0, 0.05) is 6.54 Å². The third kappa shape index (κ3) is 4.54. The number of nitrogens with zero attached hydrogens (tertiary/aromatic N) is 3. The summed E-state index contributed by atoms with van der Waals surface area (Å²) < 4.78 is 39.5. The fourth-order valence-electron chi connectivity index (χ4n) is 2.03. The summed E-state index contributed by atoms with van der Waals surface area (Å²) in [4.78, 5) is 22.3. The summed E-state index contributed by atoms with van der Waals surface area (Å²) in [6.07, 6.45) is -3.35. The zero-order valence-electron chi connectivity index (χ0n) is 12.2. The number of aromatic carboxylic acids is 1. The Hall–Kier alpha value is -2.91. The largest absolute Gasteiger partial charge is 0.476 e. The van der Waals surface area contributed by atoms with E-state index in [0.29, 0.717) is 0 Å². The SMILES string of the molecule is O=C(Cn1cc(C(=O)O)nn1)NCCc1ccccc1C(F)(F)F. The molecule has 7 nitrogen and oxygen atoms in total. The second-order valence-electron chi connectivity index (χ2n) is 4.86. The number of hydrogen-bond donors (Lipinski definition) is 2. The van der Waals surface area contributed by atoms with Crippen LogP contribution in [0.15, 0.2) is 30.5 Å². The maximum atomic E-state index is 12.8. The van der Waals surface area contributed by atoms with E-state index in [4.69, 9.17) is 5.11 Å². The first-order valence-electron chi connectivity index (χ1n) is 6.82. The highest BCUT2D eigenvalue weighted by atomic mass is 19.4. The molecule has 0 fully saturated rings. The molecule has 10 heteroatoms. The van der Waals surface area contributed by atoms with Crippen LogP contribution in [0.3, 0.4) is 0 Å². The molecule has 0 saturated carbocycles. The van der Waals surface area contributed by atoms with Crippen LogP contribution in [0.2, 0.25) is 0 Å². The van der Waals surface area contributed by atoms with Gasteiger partial charge in [0.15, 0.2) is 5.69 Å². The lowest BCUT2D eigenvalue weighted by Crippen LogP contribution is -2.30. The van der Waals surface area contributed by atoms with Gasteiger partial charge in [-0.2, -0.15) is 13.2 Å². The summed E-state index contributed by atoms with van der Waals surface area (Å²) >= 11 is 0. The predicted molar refractivity (Wildman–Crippen MR) is 75.1 cm³/mol. The van der Waals surface area contributed by atoms with Crippen molar-refractivity contribution in [2.24, 2.45) is 0 Å². The molecule has 0 aliphatic carbocycles. The van der Waals surface area contributed by atoms with Gasteiger partial charge in [0.2, 0.25) is 5.91 Å². The molecule has 0 radical (unpaired) electrons. The van der Waals surface area contributed by atoms with Crippen molar-refractivity contribution in [1.82, 2.24) is 20.3 Å². The summed E-state index contributed by atoms with van der Waals surface area (Å²) in [6.45, 7) is -0.270. The number of halogens is 3. The Kier molecular flexibility index (Phi) is 5.17. The molecular weight excluding hydrogens is 329 g/mol. The average molecular weight is 342 g/mol. The summed E-state index contributed by atoms with van der Waals surface area (Å²) in [7, 11) is 0. The van der Waals surface area contributed by atoms with E-state index in [9.17, 15) is 22.8 Å². The standard InChI is InChI=1S/C14H13F3N4O3/c15-14(16,17)10-4-2-1-3-9(10)5-6-18-12(22)8-21-7-11(13(23)24)19-20-21/h1-4,7H,5-6,8H2,(H,18,22)(H,23,24). The van der Waals surface area contributed by atoms with Gasteiger partial charge in [-0.1, -0.05) is 23.4 Å². The smallest absolute Gasteiger partial charge is 0.416 e. The average Bonchev–Trinajstić information content (AvgIpc) is 2.95. The van der Waals surface area contributed by atoms with Crippen molar-refractivity contribution in [3.05, 3.63) is 47.3 Å². The third-order valence-electron chi connectivity index (χ3n) is 3.10. The van der Waals surface area contributed by atoms with E-state index in [2.05, 4.69) is 15.6 Å². The van der Waals surface area contributed by atoms with Crippen molar-refractivity contribution in [3.63, 3.8) is 0 Å². The highest BCUT2D eigenvalue weighted by Crippen LogP contribution is 2.31. The molecule has 128 valence electrons. The highest BCUT2D eigenvalue weighted by Gasteiger charge is 2.32. The van der Waals surface area contributed by atoms with Crippen LogP contribution in [0.4, 0.5) is 13.2 Å². The van der Waals surface area contributed by atoms with Gasteiger partial charge in [0.1, 0.15) is 6.54 Å². The monoisotopic (exact) mass is 342 g/mol. The summed E-state index contributed by atoms with van der Waals surface area (Å²) in [5, 5.41) is 17.9. The number of benzene rings is 1. The Balaban J connectivity index is 1.88. The molecule has 24 heavy (non-hydrogen) atoms. The van der Waals surface area contributed by atoms with Crippen molar-refractivity contribution >= 4 is 11.9 Å². The Labute approximate surface area is 134 Å². The Morgan fingerprint density at radius 1 is 1.25 bits per heavy atom. The number of amides is 1. The van der Waals surface area contributed by atoms with Crippen LogP contribution in [-0.2, 0) is 23.9 Å². The van der Waals surface area contributed by atoms with E-state index in [0.717, 1.165) is 16.9 Å². The fourth-order valence-corrected chi connectivity index (χ4v) is 2.03. The summed E-state index contributed by atoms with van der Waals surface area (Å²) in [5.74, 6) is -1.79. The molecule has 0 aliphatic heterocycles. The van der Waals surface area contributed by atoms with Crippen LogP contribution >= 0.6 is 0 Å². The molecule has 2 N–H and O–H groups in total. The first-order chi connectivity index (χ1) is 11.3. The number of alkyl halides is 3. The van der Waals surface area contributed by atoms with E-state index in [-0.39, 0.29) is 30.8 Å². The molecule has 1 amide bonds. The Bertz CT molecular complexity index is 743. The zero-order valence-corrected chi connectivity index (χ0v) is 12.2. The van der Waals surface area contributed by atoms with E-state index in [1.165, 1.54) is 18.2 Å². The second-order valence-corrected chi connectivity index (χ2v) is 4.86. The number of carbonyl (C=O) groups is 2. The van der Waals surface area contributed by atoms with Crippen LogP contribution in [0.5, 0.6) is 0 Å². The number of carboxylic acid groups (broad SMARTS) is 1. The van der Waals surface area contributed by atoms with Crippen molar-refractivity contribution < 1.29 is 27.9 Å². The van der Waals surface area contributed by atoms with Crippen molar-refractivity contribution in [1.29, 1.82) is 0 Å². The first kappa shape index (κ1) is 17.4. The van der Waals surface area contributed by atoms with Gasteiger partial charge < -0.3 is 10.4 Å². The summed E-state index contributed by atoms with van der Waals surface area (Å²) in [5.41, 5.74) is -0.956. The molecule has 2 aromatic rings. The first-order valence-corrected chi connectivity index (χ1v) is 6.82. The molecule has 0 bridgehead atoms. The quantitative estimate of drug-likeness (QED) is 0.826. The molecule has 0 aliphatic rings. The van der Waals surface area contributed by atoms with Gasteiger partial charge in [-0.25, -0.2) is 9.48 Å². The van der Waals surface area contributed by atoms with E-state index in [1.807, 2.05) is 0 Å². The lowest BCUT2D eigenvalue weighted by atomic mass is 10.0. The number of hydrogen-bond acceptors (Lipinski definition) is 4. The molecule has 1 aromatic heterocycles. The molecule has 1 heterocycles. The van der Waals surface area contributed by atoms with Crippen molar-refractivity contribution in [2.75, 3.05) is 6.54 Å². The Morgan fingerprint density at radius 3 is 2.58 bits per heavy atom. The lowest BCUT2D eigenvalue weighted by molar-refractivity contribution is -0.138. The highest BCUT2D eigenvalue weighted by molar-refractivity contribution is 5.84.